The van der Waals surface area contributed by atoms with Crippen LogP contribution in [0.1, 0.15) is 38.1 Å². The van der Waals surface area contributed by atoms with Crippen molar-refractivity contribution in [2.24, 2.45) is 0 Å². The number of rotatable bonds is 7. The van der Waals surface area contributed by atoms with Crippen LogP contribution in [0, 0.1) is 0 Å². The van der Waals surface area contributed by atoms with E-state index in [0.717, 1.165) is 4.90 Å². The average molecular weight is 446 g/mol. The molecule has 0 atom stereocenters. The summed E-state index contributed by atoms with van der Waals surface area (Å²) in [6, 6.07) is 13.5. The third-order valence-electron chi connectivity index (χ3n) is 4.16. The van der Waals surface area contributed by atoms with Gasteiger partial charge in [0.1, 0.15) is 0 Å². The fraction of sp³-hybridized carbons (Fsp3) is 0.286. The van der Waals surface area contributed by atoms with Gasteiger partial charge < -0.3 is 4.42 Å². The van der Waals surface area contributed by atoms with Crippen molar-refractivity contribution in [1.29, 1.82) is 0 Å². The molecular weight excluding hydrogens is 422 g/mol. The van der Waals surface area contributed by atoms with Crippen LogP contribution in [0.25, 0.3) is 11.5 Å². The van der Waals surface area contributed by atoms with Crippen molar-refractivity contribution < 1.29 is 17.6 Å². The largest absolute Gasteiger partial charge is 0.403 e. The maximum atomic E-state index is 12.4. The topological polar surface area (TPSA) is 102 Å². The van der Waals surface area contributed by atoms with Crippen molar-refractivity contribution in [3.05, 3.63) is 54.1 Å². The Morgan fingerprint density at radius 3 is 2.37 bits per heavy atom. The molecule has 0 aliphatic rings. The van der Waals surface area contributed by atoms with E-state index in [9.17, 15) is 13.2 Å². The van der Waals surface area contributed by atoms with Crippen LogP contribution in [-0.4, -0.2) is 35.0 Å². The Balaban J connectivity index is 1.75. The molecule has 1 N–H and O–H groups in total. The van der Waals surface area contributed by atoms with Gasteiger partial charge in [-0.1, -0.05) is 25.0 Å². The number of nitrogens with zero attached hydrogens (tertiary/aromatic N) is 2. The van der Waals surface area contributed by atoms with E-state index in [1.165, 1.54) is 12.1 Å². The van der Waals surface area contributed by atoms with E-state index in [-0.39, 0.29) is 22.7 Å². The van der Waals surface area contributed by atoms with E-state index in [2.05, 4.69) is 29.4 Å². The smallest absolute Gasteiger partial charge is 0.322 e. The van der Waals surface area contributed by atoms with Crippen molar-refractivity contribution in [2.75, 3.05) is 5.32 Å². The van der Waals surface area contributed by atoms with Crippen LogP contribution in [-0.2, 0) is 9.84 Å². The predicted molar refractivity (Wildman–Crippen MR) is 117 cm³/mol. The molecule has 158 valence electrons. The van der Waals surface area contributed by atoms with Gasteiger partial charge in [-0.2, -0.15) is 0 Å². The van der Waals surface area contributed by atoms with Gasteiger partial charge in [-0.15, -0.1) is 16.9 Å². The van der Waals surface area contributed by atoms with Gasteiger partial charge in [0.05, 0.1) is 10.1 Å². The summed E-state index contributed by atoms with van der Waals surface area (Å²) in [5.41, 5.74) is 0.924. The lowest BCUT2D eigenvalue weighted by Gasteiger charge is -2.08. The van der Waals surface area contributed by atoms with Crippen molar-refractivity contribution in [2.45, 2.75) is 48.0 Å². The van der Waals surface area contributed by atoms with E-state index in [1.807, 2.05) is 12.1 Å². The third kappa shape index (κ3) is 5.09. The fourth-order valence-corrected chi connectivity index (χ4v) is 4.54. The molecule has 7 nitrogen and oxygen atoms in total. The summed E-state index contributed by atoms with van der Waals surface area (Å²) in [5.74, 6) is -0.253. The van der Waals surface area contributed by atoms with E-state index < -0.39 is 15.1 Å². The van der Waals surface area contributed by atoms with Crippen LogP contribution in [0.5, 0.6) is 0 Å². The zero-order chi connectivity index (χ0) is 21.9. The molecule has 1 amide bonds. The molecule has 0 saturated heterocycles. The Labute approximate surface area is 180 Å². The summed E-state index contributed by atoms with van der Waals surface area (Å²) in [5, 5.41) is 10.2. The van der Waals surface area contributed by atoms with Gasteiger partial charge in [0.2, 0.25) is 5.89 Å². The van der Waals surface area contributed by atoms with E-state index in [0.29, 0.717) is 16.4 Å². The molecule has 0 saturated carbocycles. The lowest BCUT2D eigenvalue weighted by molar-refractivity contribution is 0.102. The predicted octanol–water partition coefficient (Wildman–Crippen LogP) is 4.67. The van der Waals surface area contributed by atoms with Crippen LogP contribution in [0.3, 0.4) is 0 Å². The molecule has 0 radical (unpaired) electrons. The van der Waals surface area contributed by atoms with Gasteiger partial charge in [0, 0.05) is 21.3 Å². The normalized spacial score (nSPS) is 11.8. The second kappa shape index (κ2) is 9.01. The Kier molecular flexibility index (Phi) is 6.62. The van der Waals surface area contributed by atoms with Gasteiger partial charge >= 0.3 is 6.01 Å². The minimum absolute atomic E-state index is 0.0623. The van der Waals surface area contributed by atoms with Gasteiger partial charge in [-0.25, -0.2) is 8.42 Å². The quantitative estimate of drug-likeness (QED) is 0.527. The second-order valence-electron chi connectivity index (χ2n) is 7.18. The summed E-state index contributed by atoms with van der Waals surface area (Å²) in [7, 11) is -3.43. The highest BCUT2D eigenvalue weighted by Crippen LogP contribution is 2.26. The van der Waals surface area contributed by atoms with Gasteiger partial charge in [0.25, 0.3) is 5.91 Å². The molecule has 0 aliphatic carbocycles. The maximum Gasteiger partial charge on any atom is 0.322 e. The van der Waals surface area contributed by atoms with Crippen LogP contribution in [0.4, 0.5) is 6.01 Å². The average Bonchev–Trinajstić information content (AvgIpc) is 3.16. The maximum absolute atomic E-state index is 12.4. The van der Waals surface area contributed by atoms with E-state index in [4.69, 9.17) is 4.42 Å². The SMILES string of the molecule is CC(C)Sc1ccc(C(=O)Nc2nnc(-c3cccc(S(=O)(=O)C(C)C)c3)o2)cc1. The standard InChI is InChI=1S/C21H23N3O4S2/c1-13(2)29-17-10-8-15(9-11-17)19(25)22-21-24-23-20(28-21)16-6-5-7-18(12-16)30(26,27)14(3)4/h5-14H,1-4H3,(H,22,24,25). The molecular formula is C21H23N3O4S2. The molecule has 2 aromatic carbocycles. The summed E-state index contributed by atoms with van der Waals surface area (Å²) < 4.78 is 30.3. The Hall–Kier alpha value is -2.65. The number of amides is 1. The van der Waals surface area contributed by atoms with Crippen LogP contribution in [0.2, 0.25) is 0 Å². The second-order valence-corrected chi connectivity index (χ2v) is 11.3. The Bertz CT molecular complexity index is 1140. The molecule has 3 aromatic rings. The molecule has 0 aliphatic heterocycles. The molecule has 3 rings (SSSR count). The summed E-state index contributed by atoms with van der Waals surface area (Å²) >= 11 is 1.71. The fourth-order valence-electron chi connectivity index (χ4n) is 2.60. The number of anilines is 1. The third-order valence-corrected chi connectivity index (χ3v) is 7.33. The van der Waals surface area contributed by atoms with Gasteiger partial charge in [0.15, 0.2) is 9.84 Å². The molecule has 1 aromatic heterocycles. The van der Waals surface area contributed by atoms with E-state index in [1.54, 1.807) is 49.9 Å². The van der Waals surface area contributed by atoms with Crippen LogP contribution in [0.15, 0.2) is 62.7 Å². The molecule has 0 fully saturated rings. The zero-order valence-corrected chi connectivity index (χ0v) is 18.8. The summed E-state index contributed by atoms with van der Waals surface area (Å²) in [6.45, 7) is 7.45. The van der Waals surface area contributed by atoms with Crippen molar-refractivity contribution >= 4 is 33.5 Å². The molecule has 9 heteroatoms. The number of hydrogen-bond donors (Lipinski definition) is 1. The van der Waals surface area contributed by atoms with E-state index >= 15 is 0 Å². The van der Waals surface area contributed by atoms with Crippen molar-refractivity contribution in [3.8, 4) is 11.5 Å². The van der Waals surface area contributed by atoms with Gasteiger partial charge in [-0.3, -0.25) is 10.1 Å². The molecule has 0 bridgehead atoms. The minimum Gasteiger partial charge on any atom is -0.403 e. The number of thioether (sulfide) groups is 1. The monoisotopic (exact) mass is 445 g/mol. The summed E-state index contributed by atoms with van der Waals surface area (Å²) in [4.78, 5) is 13.7. The number of carbonyl (C=O) groups is 1. The highest BCUT2D eigenvalue weighted by molar-refractivity contribution is 7.99. The number of nitrogens with one attached hydrogen (secondary N) is 1. The van der Waals surface area contributed by atoms with Crippen LogP contribution < -0.4 is 5.32 Å². The number of carbonyl (C=O) groups excluding carboxylic acids is 1. The highest BCUT2D eigenvalue weighted by Gasteiger charge is 2.21. The molecule has 0 unspecified atom stereocenters. The first kappa shape index (κ1) is 22.0. The first-order valence-electron chi connectivity index (χ1n) is 9.42. The number of benzene rings is 2. The number of aromatic nitrogens is 2. The number of hydrogen-bond acceptors (Lipinski definition) is 7. The highest BCUT2D eigenvalue weighted by atomic mass is 32.2. The lowest BCUT2D eigenvalue weighted by atomic mass is 10.2. The van der Waals surface area contributed by atoms with Crippen LogP contribution >= 0.6 is 11.8 Å². The lowest BCUT2D eigenvalue weighted by Crippen LogP contribution is -2.13. The first-order chi connectivity index (χ1) is 14.2. The molecule has 30 heavy (non-hydrogen) atoms. The number of sulfone groups is 1. The van der Waals surface area contributed by atoms with Gasteiger partial charge in [-0.05, 0) is 56.3 Å². The minimum atomic E-state index is -3.43. The molecule has 0 spiro atoms. The first-order valence-corrected chi connectivity index (χ1v) is 11.9. The molecule has 1 heterocycles. The Morgan fingerprint density at radius 1 is 1.03 bits per heavy atom. The zero-order valence-electron chi connectivity index (χ0n) is 17.1. The Morgan fingerprint density at radius 2 is 1.73 bits per heavy atom. The van der Waals surface area contributed by atoms with Crippen molar-refractivity contribution in [1.82, 2.24) is 10.2 Å². The van der Waals surface area contributed by atoms with Crippen molar-refractivity contribution in [3.63, 3.8) is 0 Å². The summed E-state index contributed by atoms with van der Waals surface area (Å²) in [6.07, 6.45) is 0.